The number of likely N-dealkylation sites (N-methyl/N-ethyl adjacent to an activating group) is 1. The molecule has 0 radical (unpaired) electrons. The van der Waals surface area contributed by atoms with Crippen molar-refractivity contribution in [3.63, 3.8) is 0 Å². The van der Waals surface area contributed by atoms with Crippen LogP contribution in [0.3, 0.4) is 0 Å². The molecule has 2 aromatic rings. The molecule has 1 amide bonds. The van der Waals surface area contributed by atoms with Crippen molar-refractivity contribution < 1.29 is 4.79 Å². The van der Waals surface area contributed by atoms with E-state index in [0.29, 0.717) is 19.6 Å². The third-order valence-corrected chi connectivity index (χ3v) is 5.34. The minimum absolute atomic E-state index is 0.0726. The van der Waals surface area contributed by atoms with Crippen molar-refractivity contribution in [2.45, 2.75) is 19.5 Å². The molecule has 0 saturated carbocycles. The van der Waals surface area contributed by atoms with Crippen LogP contribution in [0.5, 0.6) is 0 Å². The number of carbonyl (C=O) groups excluding carboxylic acids is 1. The van der Waals surface area contributed by atoms with Crippen molar-refractivity contribution in [2.75, 3.05) is 46.3 Å². The Kier molecular flexibility index (Phi) is 7.60. The first kappa shape index (κ1) is 20.5. The number of carbonyl (C=O) groups is 1. The Hall–Kier alpha value is -2.21. The first-order valence-electron chi connectivity index (χ1n) is 10.2. The lowest BCUT2D eigenvalue weighted by Crippen LogP contribution is -2.43. The number of benzene rings is 2. The highest BCUT2D eigenvalue weighted by Gasteiger charge is 2.17. The quantitative estimate of drug-likeness (QED) is 0.764. The van der Waals surface area contributed by atoms with E-state index in [4.69, 9.17) is 5.73 Å². The molecule has 1 heterocycles. The molecule has 1 saturated heterocycles. The lowest BCUT2D eigenvalue weighted by Gasteiger charge is -2.32. The van der Waals surface area contributed by atoms with Gasteiger partial charge in [0.1, 0.15) is 0 Å². The summed E-state index contributed by atoms with van der Waals surface area (Å²) in [6.45, 7) is 7.25. The summed E-state index contributed by atoms with van der Waals surface area (Å²) in [6, 6.07) is 18.2. The molecule has 0 atom stereocenters. The molecule has 0 aromatic heterocycles. The van der Waals surface area contributed by atoms with Crippen LogP contribution in [0.25, 0.3) is 0 Å². The molecule has 0 spiro atoms. The number of nitrogens with two attached hydrogens (primary N) is 1. The summed E-state index contributed by atoms with van der Waals surface area (Å²) < 4.78 is 0. The van der Waals surface area contributed by atoms with E-state index in [1.165, 1.54) is 5.56 Å². The summed E-state index contributed by atoms with van der Waals surface area (Å²) in [6.07, 6.45) is 0.806. The Bertz CT molecular complexity index is 724. The smallest absolute Gasteiger partial charge is 0.254 e. The van der Waals surface area contributed by atoms with E-state index < -0.39 is 0 Å². The molecule has 2 aromatic carbocycles. The first-order chi connectivity index (χ1) is 13.7. The van der Waals surface area contributed by atoms with Crippen LogP contribution in [-0.2, 0) is 13.1 Å². The van der Waals surface area contributed by atoms with Crippen molar-refractivity contribution in [3.8, 4) is 0 Å². The van der Waals surface area contributed by atoms with Crippen LogP contribution in [0.15, 0.2) is 54.6 Å². The van der Waals surface area contributed by atoms with Gasteiger partial charge in [-0.3, -0.25) is 9.69 Å². The van der Waals surface area contributed by atoms with Crippen LogP contribution in [0.1, 0.15) is 27.9 Å². The zero-order valence-electron chi connectivity index (χ0n) is 16.9. The monoisotopic (exact) mass is 380 g/mol. The van der Waals surface area contributed by atoms with E-state index in [9.17, 15) is 4.79 Å². The highest BCUT2D eigenvalue weighted by molar-refractivity contribution is 5.94. The van der Waals surface area contributed by atoms with Crippen LogP contribution in [-0.4, -0.2) is 66.9 Å². The predicted molar refractivity (Wildman–Crippen MR) is 114 cm³/mol. The van der Waals surface area contributed by atoms with Crippen LogP contribution in [0, 0.1) is 0 Å². The molecule has 0 aliphatic carbocycles. The average Bonchev–Trinajstić information content (AvgIpc) is 2.73. The minimum Gasteiger partial charge on any atom is -0.334 e. The summed E-state index contributed by atoms with van der Waals surface area (Å²) in [5.41, 5.74) is 8.83. The molecular weight excluding hydrogens is 348 g/mol. The highest BCUT2D eigenvalue weighted by Crippen LogP contribution is 2.14. The van der Waals surface area contributed by atoms with Crippen LogP contribution in [0.2, 0.25) is 0 Å². The van der Waals surface area contributed by atoms with Gasteiger partial charge < -0.3 is 15.5 Å². The maximum absolute atomic E-state index is 13.1. The molecule has 1 aliphatic heterocycles. The molecule has 1 fully saturated rings. The third-order valence-electron chi connectivity index (χ3n) is 5.34. The van der Waals surface area contributed by atoms with Crippen molar-refractivity contribution in [3.05, 3.63) is 71.3 Å². The molecule has 150 valence electrons. The third kappa shape index (κ3) is 5.89. The zero-order chi connectivity index (χ0) is 19.8. The summed E-state index contributed by atoms with van der Waals surface area (Å²) in [5.74, 6) is 0.0726. The Labute approximate surface area is 168 Å². The zero-order valence-corrected chi connectivity index (χ0v) is 16.9. The summed E-state index contributed by atoms with van der Waals surface area (Å²) >= 11 is 0. The van der Waals surface area contributed by atoms with Gasteiger partial charge in [-0.1, -0.05) is 42.5 Å². The van der Waals surface area contributed by atoms with Gasteiger partial charge in [0, 0.05) is 51.4 Å². The average molecular weight is 381 g/mol. The molecule has 28 heavy (non-hydrogen) atoms. The number of piperazine rings is 1. The maximum atomic E-state index is 13.1. The van der Waals surface area contributed by atoms with Crippen molar-refractivity contribution >= 4 is 5.91 Å². The molecule has 5 heteroatoms. The lowest BCUT2D eigenvalue weighted by atomic mass is 10.1. The van der Waals surface area contributed by atoms with Gasteiger partial charge in [-0.05, 0) is 43.3 Å². The lowest BCUT2D eigenvalue weighted by molar-refractivity contribution is 0.0742. The Morgan fingerprint density at radius 2 is 1.64 bits per heavy atom. The van der Waals surface area contributed by atoms with E-state index >= 15 is 0 Å². The summed E-state index contributed by atoms with van der Waals surface area (Å²) in [4.78, 5) is 19.8. The topological polar surface area (TPSA) is 52.8 Å². The molecular formula is C23H32N4O. The van der Waals surface area contributed by atoms with Crippen molar-refractivity contribution in [2.24, 2.45) is 5.73 Å². The van der Waals surface area contributed by atoms with Crippen molar-refractivity contribution in [1.29, 1.82) is 0 Å². The first-order valence-corrected chi connectivity index (χ1v) is 10.2. The Morgan fingerprint density at radius 3 is 2.29 bits per heavy atom. The van der Waals surface area contributed by atoms with E-state index in [2.05, 4.69) is 41.1 Å². The Morgan fingerprint density at radius 1 is 0.964 bits per heavy atom. The highest BCUT2D eigenvalue weighted by atomic mass is 16.2. The Balaban J connectivity index is 1.63. The predicted octanol–water partition coefficient (Wildman–Crippen LogP) is 2.43. The fourth-order valence-corrected chi connectivity index (χ4v) is 3.54. The minimum atomic E-state index is 0.0726. The molecule has 3 rings (SSSR count). The molecule has 0 unspecified atom stereocenters. The summed E-state index contributed by atoms with van der Waals surface area (Å²) in [7, 11) is 2.17. The largest absolute Gasteiger partial charge is 0.334 e. The number of amides is 1. The second-order valence-electron chi connectivity index (χ2n) is 7.63. The van der Waals surface area contributed by atoms with E-state index in [1.807, 2.05) is 35.2 Å². The van der Waals surface area contributed by atoms with Crippen LogP contribution >= 0.6 is 0 Å². The summed E-state index contributed by atoms with van der Waals surface area (Å²) in [5, 5.41) is 0. The molecule has 1 aliphatic rings. The van der Waals surface area contributed by atoms with Gasteiger partial charge >= 0.3 is 0 Å². The van der Waals surface area contributed by atoms with E-state index in [0.717, 1.165) is 50.3 Å². The fourth-order valence-electron chi connectivity index (χ4n) is 3.54. The normalized spacial score (nSPS) is 15.5. The number of nitrogens with zero attached hydrogens (tertiary/aromatic N) is 3. The van der Waals surface area contributed by atoms with Crippen LogP contribution < -0.4 is 5.73 Å². The van der Waals surface area contributed by atoms with Gasteiger partial charge in [-0.15, -0.1) is 0 Å². The SMILES string of the molecule is CN1CCN(Cc2ccc(C(=O)N(CCCN)Cc3ccccc3)cc2)CC1. The molecule has 5 nitrogen and oxygen atoms in total. The van der Waals surface area contributed by atoms with E-state index in [1.54, 1.807) is 0 Å². The van der Waals surface area contributed by atoms with Gasteiger partial charge in [-0.2, -0.15) is 0 Å². The van der Waals surface area contributed by atoms with E-state index in [-0.39, 0.29) is 5.91 Å². The maximum Gasteiger partial charge on any atom is 0.254 e. The van der Waals surface area contributed by atoms with Crippen LogP contribution in [0.4, 0.5) is 0 Å². The molecule has 0 bridgehead atoms. The van der Waals surface area contributed by atoms with Gasteiger partial charge in [-0.25, -0.2) is 0 Å². The second-order valence-corrected chi connectivity index (χ2v) is 7.63. The number of hydrogen-bond acceptors (Lipinski definition) is 4. The number of hydrogen-bond donors (Lipinski definition) is 1. The van der Waals surface area contributed by atoms with Gasteiger partial charge in [0.25, 0.3) is 5.91 Å². The van der Waals surface area contributed by atoms with Gasteiger partial charge in [0.05, 0.1) is 0 Å². The van der Waals surface area contributed by atoms with Gasteiger partial charge in [0.15, 0.2) is 0 Å². The second kappa shape index (κ2) is 10.4. The fraction of sp³-hybridized carbons (Fsp3) is 0.435. The molecule has 2 N–H and O–H groups in total. The van der Waals surface area contributed by atoms with Gasteiger partial charge in [0.2, 0.25) is 0 Å². The number of rotatable bonds is 8. The van der Waals surface area contributed by atoms with Crippen molar-refractivity contribution in [1.82, 2.24) is 14.7 Å². The standard InChI is InChI=1S/C23H32N4O/c1-25-14-16-26(17-15-25)18-21-8-10-22(11-9-21)23(28)27(13-5-12-24)19-20-6-3-2-4-7-20/h2-4,6-11H,5,12-19,24H2,1H3.